The van der Waals surface area contributed by atoms with Gasteiger partial charge in [0.15, 0.2) is 0 Å². The maximum absolute atomic E-state index is 11.6. The Morgan fingerprint density at radius 3 is 2.79 bits per heavy atom. The fourth-order valence-electron chi connectivity index (χ4n) is 1.18. The van der Waals surface area contributed by atoms with Crippen LogP contribution < -0.4 is 5.32 Å². The summed E-state index contributed by atoms with van der Waals surface area (Å²) in [5, 5.41) is 2.47. The van der Waals surface area contributed by atoms with E-state index in [4.69, 9.17) is 0 Å². The topological polar surface area (TPSA) is 66.5 Å². The van der Waals surface area contributed by atoms with Crippen molar-refractivity contribution >= 4 is 28.7 Å². The maximum atomic E-state index is 11.6. The van der Waals surface area contributed by atoms with Crippen LogP contribution in [0.5, 0.6) is 0 Å². The highest BCUT2D eigenvalue weighted by molar-refractivity contribution is 8.13. The largest absolute Gasteiger partial charge is 0.344 e. The van der Waals surface area contributed by atoms with E-state index in [1.807, 2.05) is 0 Å². The minimum Gasteiger partial charge on any atom is -0.344 e. The highest BCUT2D eigenvalue weighted by atomic mass is 32.2. The molecular weight excluding hydrogens is 204 g/mol. The van der Waals surface area contributed by atoms with Crippen LogP contribution in [0.1, 0.15) is 6.92 Å². The Morgan fingerprint density at radius 2 is 2.21 bits per heavy atom. The van der Waals surface area contributed by atoms with E-state index in [2.05, 4.69) is 5.32 Å². The molecular formula is C8H12N2O3S. The summed E-state index contributed by atoms with van der Waals surface area (Å²) in [6, 6.07) is -0.575. The Morgan fingerprint density at radius 1 is 1.57 bits per heavy atom. The molecule has 5 nitrogen and oxygen atoms in total. The lowest BCUT2D eigenvalue weighted by atomic mass is 10.3. The van der Waals surface area contributed by atoms with Gasteiger partial charge in [-0.25, -0.2) is 0 Å². The van der Waals surface area contributed by atoms with Crippen LogP contribution in [-0.2, 0) is 14.4 Å². The molecule has 2 amide bonds. The number of nitrogens with one attached hydrogen (secondary N) is 1. The molecule has 0 aliphatic carbocycles. The Hall–Kier alpha value is -1.04. The predicted octanol–water partition coefficient (Wildman–Crippen LogP) is -0.777. The minimum absolute atomic E-state index is 0.0475. The van der Waals surface area contributed by atoms with E-state index in [9.17, 15) is 14.4 Å². The van der Waals surface area contributed by atoms with Crippen molar-refractivity contribution in [3.8, 4) is 0 Å². The summed E-state index contributed by atoms with van der Waals surface area (Å²) in [4.78, 5) is 34.8. The molecule has 1 atom stereocenters. The van der Waals surface area contributed by atoms with E-state index in [1.54, 1.807) is 7.05 Å². The molecule has 14 heavy (non-hydrogen) atoms. The lowest BCUT2D eigenvalue weighted by Crippen LogP contribution is -2.47. The Kier molecular flexibility index (Phi) is 3.51. The number of carbonyl (C=O) groups is 3. The van der Waals surface area contributed by atoms with E-state index in [1.165, 1.54) is 11.8 Å². The smallest absolute Gasteiger partial charge is 0.246 e. The van der Waals surface area contributed by atoms with E-state index in [-0.39, 0.29) is 23.5 Å². The SMILES string of the molecule is CC(=O)N[C@H]1CSC(=O)CN(C)C1=O. The first-order chi connectivity index (χ1) is 6.50. The zero-order valence-corrected chi connectivity index (χ0v) is 8.89. The number of hydrogen-bond donors (Lipinski definition) is 1. The van der Waals surface area contributed by atoms with Crippen molar-refractivity contribution in [1.29, 1.82) is 0 Å². The summed E-state index contributed by atoms with van der Waals surface area (Å²) in [6.07, 6.45) is 0. The molecule has 1 aliphatic heterocycles. The van der Waals surface area contributed by atoms with Crippen molar-refractivity contribution in [1.82, 2.24) is 10.2 Å². The second kappa shape index (κ2) is 4.45. The molecule has 1 heterocycles. The summed E-state index contributed by atoms with van der Waals surface area (Å²) in [6.45, 7) is 1.46. The van der Waals surface area contributed by atoms with Crippen molar-refractivity contribution in [3.05, 3.63) is 0 Å². The normalized spacial score (nSPS) is 23.3. The van der Waals surface area contributed by atoms with Gasteiger partial charge in [0.1, 0.15) is 6.04 Å². The lowest BCUT2D eigenvalue weighted by molar-refractivity contribution is -0.135. The fraction of sp³-hybridized carbons (Fsp3) is 0.625. The molecule has 1 fully saturated rings. The number of rotatable bonds is 1. The molecule has 1 N–H and O–H groups in total. The number of carbonyl (C=O) groups excluding carboxylic acids is 3. The van der Waals surface area contributed by atoms with E-state index >= 15 is 0 Å². The third kappa shape index (κ3) is 2.73. The highest BCUT2D eigenvalue weighted by Crippen LogP contribution is 2.12. The summed E-state index contributed by atoms with van der Waals surface area (Å²) in [5.41, 5.74) is 0. The van der Waals surface area contributed by atoms with E-state index in [0.29, 0.717) is 5.75 Å². The standard InChI is InChI=1S/C8H12N2O3S/c1-5(11)9-6-4-14-7(12)3-10(2)8(6)13/h6H,3-4H2,1-2H3,(H,9,11)/t6-/m0/s1. The Balaban J connectivity index is 2.70. The number of hydrogen-bond acceptors (Lipinski definition) is 4. The van der Waals surface area contributed by atoms with Crippen molar-refractivity contribution in [2.45, 2.75) is 13.0 Å². The van der Waals surface area contributed by atoms with Gasteiger partial charge in [-0.15, -0.1) is 0 Å². The molecule has 1 aliphatic rings. The molecule has 0 aromatic carbocycles. The van der Waals surface area contributed by atoms with Gasteiger partial charge >= 0.3 is 0 Å². The van der Waals surface area contributed by atoms with Gasteiger partial charge in [-0.3, -0.25) is 14.4 Å². The van der Waals surface area contributed by atoms with Gasteiger partial charge < -0.3 is 10.2 Å². The van der Waals surface area contributed by atoms with Gasteiger partial charge in [-0.1, -0.05) is 11.8 Å². The second-order valence-corrected chi connectivity index (χ2v) is 4.21. The molecule has 0 aromatic rings. The molecule has 0 aromatic heterocycles. The van der Waals surface area contributed by atoms with Gasteiger partial charge in [-0.2, -0.15) is 0 Å². The summed E-state index contributed by atoms with van der Waals surface area (Å²) < 4.78 is 0. The van der Waals surface area contributed by atoms with Gasteiger partial charge in [0.2, 0.25) is 16.9 Å². The third-order valence-electron chi connectivity index (χ3n) is 1.83. The molecule has 1 saturated heterocycles. The van der Waals surface area contributed by atoms with Gasteiger partial charge in [0.05, 0.1) is 6.54 Å². The third-order valence-corrected chi connectivity index (χ3v) is 2.78. The average Bonchev–Trinajstić information content (AvgIpc) is 2.18. The zero-order valence-electron chi connectivity index (χ0n) is 8.07. The molecule has 78 valence electrons. The van der Waals surface area contributed by atoms with Crippen LogP contribution in [0.4, 0.5) is 0 Å². The predicted molar refractivity (Wildman–Crippen MR) is 52.7 cm³/mol. The van der Waals surface area contributed by atoms with Crippen LogP contribution in [0, 0.1) is 0 Å². The quantitative estimate of drug-likeness (QED) is 0.624. The van der Waals surface area contributed by atoms with Crippen LogP contribution in [0.2, 0.25) is 0 Å². The van der Waals surface area contributed by atoms with Gasteiger partial charge in [0.25, 0.3) is 0 Å². The molecule has 0 spiro atoms. The average molecular weight is 216 g/mol. The number of thioether (sulfide) groups is 1. The number of nitrogens with zero attached hydrogens (tertiary/aromatic N) is 1. The molecule has 6 heteroatoms. The van der Waals surface area contributed by atoms with Crippen molar-refractivity contribution in [2.24, 2.45) is 0 Å². The van der Waals surface area contributed by atoms with Gasteiger partial charge in [0, 0.05) is 19.7 Å². The first-order valence-corrected chi connectivity index (χ1v) is 5.17. The summed E-state index contributed by atoms with van der Waals surface area (Å²) in [7, 11) is 1.56. The van der Waals surface area contributed by atoms with Crippen LogP contribution in [0.25, 0.3) is 0 Å². The first kappa shape index (κ1) is 11.0. The van der Waals surface area contributed by atoms with Crippen LogP contribution in [0.3, 0.4) is 0 Å². The van der Waals surface area contributed by atoms with Crippen molar-refractivity contribution in [2.75, 3.05) is 19.3 Å². The maximum Gasteiger partial charge on any atom is 0.246 e. The van der Waals surface area contributed by atoms with Crippen molar-refractivity contribution in [3.63, 3.8) is 0 Å². The Labute approximate surface area is 86.2 Å². The van der Waals surface area contributed by atoms with Gasteiger partial charge in [-0.05, 0) is 0 Å². The number of likely N-dealkylation sites (N-methyl/N-ethyl adjacent to an activating group) is 1. The molecule has 0 bridgehead atoms. The Bertz CT molecular complexity index is 280. The monoisotopic (exact) mass is 216 g/mol. The van der Waals surface area contributed by atoms with Crippen LogP contribution in [-0.4, -0.2) is 47.2 Å². The molecule has 0 unspecified atom stereocenters. The van der Waals surface area contributed by atoms with E-state index < -0.39 is 6.04 Å². The fourth-order valence-corrected chi connectivity index (χ4v) is 2.04. The van der Waals surface area contributed by atoms with Crippen molar-refractivity contribution < 1.29 is 14.4 Å². The van der Waals surface area contributed by atoms with Crippen LogP contribution >= 0.6 is 11.8 Å². The second-order valence-electron chi connectivity index (χ2n) is 3.13. The molecule has 0 radical (unpaired) electrons. The lowest BCUT2D eigenvalue weighted by Gasteiger charge is -2.18. The molecule has 1 rings (SSSR count). The summed E-state index contributed by atoms with van der Waals surface area (Å²) >= 11 is 1.08. The minimum atomic E-state index is -0.575. The molecule has 0 saturated carbocycles. The number of amides is 2. The highest BCUT2D eigenvalue weighted by Gasteiger charge is 2.28. The first-order valence-electron chi connectivity index (χ1n) is 4.18. The zero-order chi connectivity index (χ0) is 10.7. The summed E-state index contributed by atoms with van der Waals surface area (Å²) in [5.74, 6) is -0.146. The van der Waals surface area contributed by atoms with E-state index in [0.717, 1.165) is 11.8 Å². The van der Waals surface area contributed by atoms with Crippen LogP contribution in [0.15, 0.2) is 0 Å².